The van der Waals surface area contributed by atoms with Gasteiger partial charge in [-0.25, -0.2) is 4.98 Å². The van der Waals surface area contributed by atoms with Gasteiger partial charge in [0.05, 0.1) is 45.1 Å². The summed E-state index contributed by atoms with van der Waals surface area (Å²) in [5.41, 5.74) is 4.24. The Balaban J connectivity index is 0.841. The van der Waals surface area contributed by atoms with Crippen LogP contribution in [0.3, 0.4) is 0 Å². The number of rotatable bonds is 17. The van der Waals surface area contributed by atoms with Crippen LogP contribution in [0.5, 0.6) is 0 Å². The third-order valence-electron chi connectivity index (χ3n) is 12.7. The Morgan fingerprint density at radius 3 is 2.21 bits per heavy atom. The number of nitrogens with zero attached hydrogens (tertiary/aromatic N) is 5. The van der Waals surface area contributed by atoms with E-state index in [9.17, 15) is 42.7 Å². The second-order valence-corrected chi connectivity index (χ2v) is 20.6. The van der Waals surface area contributed by atoms with Crippen LogP contribution < -0.4 is 25.8 Å². The molecule has 14 nitrogen and oxygen atoms in total. The first kappa shape index (κ1) is 53.1. The number of β-amino-alcohol motifs (C(OH)–C–C–N with tert-alkyl or cyclic N) is 1. The van der Waals surface area contributed by atoms with E-state index in [1.807, 2.05) is 88.4 Å². The molecule has 2 aliphatic rings. The lowest BCUT2D eigenvalue weighted by Gasteiger charge is -2.35. The van der Waals surface area contributed by atoms with Crippen LogP contribution in [-0.2, 0) is 36.6 Å². The third-order valence-corrected chi connectivity index (χ3v) is 14.0. The van der Waals surface area contributed by atoms with Crippen LogP contribution in [-0.4, -0.2) is 93.8 Å². The lowest BCUT2D eigenvalue weighted by molar-refractivity contribution is -0.144. The van der Waals surface area contributed by atoms with Gasteiger partial charge in [-0.1, -0.05) is 69.3 Å². The molecule has 4 N–H and O–H groups in total. The molecule has 7 rings (SSSR count). The van der Waals surface area contributed by atoms with E-state index in [1.165, 1.54) is 11.0 Å². The molecule has 3 heterocycles. The fraction of sp³-hybridized carbons (Fsp3) is 0.377. The number of nitriles is 1. The summed E-state index contributed by atoms with van der Waals surface area (Å²) in [6.45, 7) is 11.6. The van der Waals surface area contributed by atoms with Crippen LogP contribution in [0.4, 0.5) is 30.2 Å². The molecule has 1 aromatic heterocycles. The average Bonchev–Trinajstić information content (AvgIpc) is 4.01. The van der Waals surface area contributed by atoms with E-state index in [4.69, 9.17) is 17.0 Å². The minimum atomic E-state index is -4.80. The summed E-state index contributed by atoms with van der Waals surface area (Å²) >= 11 is 7.24. The van der Waals surface area contributed by atoms with Crippen molar-refractivity contribution in [2.24, 2.45) is 5.41 Å². The van der Waals surface area contributed by atoms with Crippen molar-refractivity contribution in [1.29, 1.82) is 5.26 Å². The van der Waals surface area contributed by atoms with Crippen molar-refractivity contribution >= 4 is 69.4 Å². The molecule has 0 radical (unpaired) electrons. The Kier molecular flexibility index (Phi) is 16.2. The zero-order valence-electron chi connectivity index (χ0n) is 40.8. The number of carbonyl (C=O) groups excluding carboxylic acids is 4. The van der Waals surface area contributed by atoms with Crippen LogP contribution in [0.2, 0.25) is 0 Å². The zero-order chi connectivity index (χ0) is 52.1. The molecule has 0 spiro atoms. The fourth-order valence-electron chi connectivity index (χ4n) is 8.75. The molecule has 2 fully saturated rings. The zero-order valence-corrected chi connectivity index (χ0v) is 42.4. The number of halogens is 3. The van der Waals surface area contributed by atoms with Crippen molar-refractivity contribution in [1.82, 2.24) is 20.5 Å². The summed E-state index contributed by atoms with van der Waals surface area (Å²) < 4.78 is 47.0. The van der Waals surface area contributed by atoms with Crippen molar-refractivity contribution in [3.63, 3.8) is 0 Å². The van der Waals surface area contributed by atoms with Gasteiger partial charge in [-0.2, -0.15) is 18.4 Å². The summed E-state index contributed by atoms with van der Waals surface area (Å²) in [5, 5.41) is 28.9. The van der Waals surface area contributed by atoms with Gasteiger partial charge >= 0.3 is 6.18 Å². The number of ether oxygens (including phenoxy) is 1. The standard InChI is InChI=1S/C53H57F3N8O6S2/c1-32-45(72-31-60-32)36-11-9-33(10-12-36)28-59-47(67)43-26-41(65)29-62(43)48(68)46(51(2,3)4)61-44(66)30-70-24-8-7-23-58-38-18-13-34(14-19-38)35-15-20-39(21-16-35)64-50(71)63(49(69)52(64,5)6)40-22-17-37(27-57)42(25-40)53(54,55)56/h9-22,25,31,41,43,46,58,65H,7-8,23-24,26,28-30H2,1-6H3,(H,59,67)(H,61,66)/t41-,43+,46-/m1/s1. The van der Waals surface area contributed by atoms with Gasteiger partial charge < -0.3 is 35.6 Å². The van der Waals surface area contributed by atoms with Gasteiger partial charge in [0.1, 0.15) is 24.2 Å². The lowest BCUT2D eigenvalue weighted by atomic mass is 9.85. The molecular formula is C53H57F3N8O6S2. The predicted octanol–water partition coefficient (Wildman–Crippen LogP) is 8.61. The molecule has 19 heteroatoms. The van der Waals surface area contributed by atoms with Crippen LogP contribution >= 0.6 is 23.6 Å². The Morgan fingerprint density at radius 1 is 0.958 bits per heavy atom. The van der Waals surface area contributed by atoms with E-state index in [0.29, 0.717) is 25.3 Å². The highest BCUT2D eigenvalue weighted by atomic mass is 32.1. The number of carbonyl (C=O) groups is 4. The number of aryl methyl sites for hydroxylation is 1. The van der Waals surface area contributed by atoms with Crippen LogP contribution in [0.1, 0.15) is 76.3 Å². The quantitative estimate of drug-likeness (QED) is 0.0518. The molecule has 2 aliphatic heterocycles. The van der Waals surface area contributed by atoms with Crippen molar-refractivity contribution in [2.75, 3.05) is 41.4 Å². The first-order valence-corrected chi connectivity index (χ1v) is 24.7. The number of thiazole rings is 1. The van der Waals surface area contributed by atoms with Gasteiger partial charge in [0.25, 0.3) is 5.91 Å². The van der Waals surface area contributed by atoms with Crippen molar-refractivity contribution in [3.8, 4) is 27.6 Å². The topological polar surface area (TPSA) is 180 Å². The van der Waals surface area contributed by atoms with Crippen molar-refractivity contribution in [2.45, 2.75) is 97.3 Å². The summed E-state index contributed by atoms with van der Waals surface area (Å²) in [6.07, 6.45) is -4.20. The number of aliphatic hydroxyl groups is 1. The normalized spacial score (nSPS) is 17.2. The molecule has 5 aromatic rings. The van der Waals surface area contributed by atoms with Gasteiger partial charge in [0, 0.05) is 44.0 Å². The van der Waals surface area contributed by atoms with Crippen molar-refractivity contribution < 1.29 is 42.2 Å². The molecule has 0 saturated carbocycles. The Labute approximate surface area is 426 Å². The maximum absolute atomic E-state index is 14.0. The third kappa shape index (κ3) is 12.0. The van der Waals surface area contributed by atoms with Crippen molar-refractivity contribution in [3.05, 3.63) is 119 Å². The van der Waals surface area contributed by atoms with E-state index in [-0.39, 0.29) is 42.8 Å². The molecule has 0 aliphatic carbocycles. The summed E-state index contributed by atoms with van der Waals surface area (Å²) in [4.78, 5) is 63.6. The summed E-state index contributed by atoms with van der Waals surface area (Å²) in [6, 6.07) is 25.8. The molecular weight excluding hydrogens is 966 g/mol. The number of aliphatic hydroxyl groups excluding tert-OH is 1. The molecule has 0 bridgehead atoms. The number of benzene rings is 4. The molecule has 0 unspecified atom stereocenters. The molecule has 378 valence electrons. The predicted molar refractivity (Wildman–Crippen MR) is 275 cm³/mol. The maximum atomic E-state index is 14.0. The van der Waals surface area contributed by atoms with E-state index in [2.05, 4.69) is 20.9 Å². The molecule has 3 atom stereocenters. The summed E-state index contributed by atoms with van der Waals surface area (Å²) in [5.74, 6) is -1.81. The second-order valence-electron chi connectivity index (χ2n) is 19.4. The number of aromatic nitrogens is 1. The Bertz CT molecular complexity index is 2840. The smallest absolute Gasteiger partial charge is 0.391 e. The van der Waals surface area contributed by atoms with E-state index < -0.39 is 64.2 Å². The van der Waals surface area contributed by atoms with Crippen LogP contribution in [0, 0.1) is 23.7 Å². The van der Waals surface area contributed by atoms with Gasteiger partial charge in [-0.3, -0.25) is 24.1 Å². The number of likely N-dealkylation sites (tertiary alicyclic amines) is 1. The van der Waals surface area contributed by atoms with Gasteiger partial charge in [0.15, 0.2) is 5.11 Å². The Morgan fingerprint density at radius 2 is 1.60 bits per heavy atom. The Hall–Kier alpha value is -6.72. The number of anilines is 3. The highest BCUT2D eigenvalue weighted by Gasteiger charge is 2.51. The minimum absolute atomic E-state index is 0.0112. The molecule has 4 amide bonds. The van der Waals surface area contributed by atoms with Gasteiger partial charge in [-0.05, 0) is 116 Å². The van der Waals surface area contributed by atoms with Crippen LogP contribution in [0.25, 0.3) is 21.6 Å². The monoisotopic (exact) mass is 1020 g/mol. The number of nitrogens with one attached hydrogen (secondary N) is 3. The maximum Gasteiger partial charge on any atom is 0.417 e. The fourth-order valence-corrected chi connectivity index (χ4v) is 10.1. The number of unbranched alkanes of at least 4 members (excludes halogenated alkanes) is 1. The number of hydrogen-bond acceptors (Lipinski definition) is 11. The summed E-state index contributed by atoms with van der Waals surface area (Å²) in [7, 11) is 0. The number of amides is 4. The van der Waals surface area contributed by atoms with E-state index in [0.717, 1.165) is 62.0 Å². The highest BCUT2D eigenvalue weighted by Crippen LogP contribution is 2.40. The molecule has 4 aromatic carbocycles. The van der Waals surface area contributed by atoms with E-state index in [1.54, 1.807) is 53.8 Å². The number of thiocarbonyl (C=S) groups is 1. The lowest BCUT2D eigenvalue weighted by Crippen LogP contribution is -2.58. The molecule has 72 heavy (non-hydrogen) atoms. The van der Waals surface area contributed by atoms with Crippen LogP contribution in [0.15, 0.2) is 96.5 Å². The first-order chi connectivity index (χ1) is 34.1. The van der Waals surface area contributed by atoms with E-state index >= 15 is 0 Å². The largest absolute Gasteiger partial charge is 0.417 e. The second kappa shape index (κ2) is 22.0. The SMILES string of the molecule is Cc1ncsc1-c1ccc(CNC(=O)[C@@H]2C[C@@H](O)CN2C(=O)[C@@H](NC(=O)COCCCCNc2ccc(-c3ccc(N4C(=S)N(c5ccc(C#N)c(C(F)(F)F)c5)C(=O)C4(C)C)cc3)cc2)C(C)(C)C)cc1. The highest BCUT2D eigenvalue weighted by molar-refractivity contribution is 7.81. The minimum Gasteiger partial charge on any atom is -0.391 e. The average molecular weight is 1020 g/mol. The first-order valence-electron chi connectivity index (χ1n) is 23.5. The number of alkyl halides is 3. The van der Waals surface area contributed by atoms with Gasteiger partial charge in [-0.15, -0.1) is 11.3 Å². The molecule has 2 saturated heterocycles. The van der Waals surface area contributed by atoms with Gasteiger partial charge in [0.2, 0.25) is 17.7 Å². The number of hydrogen-bond donors (Lipinski definition) is 4.